The van der Waals surface area contributed by atoms with Crippen LogP contribution in [0.3, 0.4) is 0 Å². The van der Waals surface area contributed by atoms with E-state index in [9.17, 15) is 8.78 Å². The fourth-order valence-electron chi connectivity index (χ4n) is 2.48. The molecular weight excluding hydrogens is 258 g/mol. The third-order valence-corrected chi connectivity index (χ3v) is 4.08. The number of benzene rings is 1. The van der Waals surface area contributed by atoms with Crippen molar-refractivity contribution in [1.29, 1.82) is 0 Å². The molecule has 0 radical (unpaired) electrons. The van der Waals surface area contributed by atoms with Crippen molar-refractivity contribution in [2.45, 2.75) is 25.1 Å². The van der Waals surface area contributed by atoms with Crippen molar-refractivity contribution in [2.75, 3.05) is 13.2 Å². The molecule has 0 amide bonds. The van der Waals surface area contributed by atoms with Gasteiger partial charge in [0.25, 0.3) is 0 Å². The molecule has 1 saturated heterocycles. The molecule has 1 nitrogen and oxygen atoms in total. The molecule has 1 heterocycles. The van der Waals surface area contributed by atoms with Crippen LogP contribution >= 0.6 is 11.6 Å². The van der Waals surface area contributed by atoms with Gasteiger partial charge in [0.2, 0.25) is 0 Å². The van der Waals surface area contributed by atoms with Crippen LogP contribution in [0.4, 0.5) is 8.78 Å². The number of halogens is 3. The third-order valence-electron chi connectivity index (χ3n) is 3.60. The lowest BCUT2D eigenvalue weighted by Gasteiger charge is -2.32. The lowest BCUT2D eigenvalue weighted by Crippen LogP contribution is -2.32. The van der Waals surface area contributed by atoms with Crippen LogP contribution < -0.4 is 0 Å². The van der Waals surface area contributed by atoms with Crippen molar-refractivity contribution in [3.8, 4) is 0 Å². The summed E-state index contributed by atoms with van der Waals surface area (Å²) in [6.45, 7) is 3.52. The minimum absolute atomic E-state index is 0.135. The van der Waals surface area contributed by atoms with Gasteiger partial charge in [0.15, 0.2) is 0 Å². The largest absolute Gasteiger partial charge is 0.381 e. The second-order valence-corrected chi connectivity index (χ2v) is 5.52. The number of hydrogen-bond donors (Lipinski definition) is 0. The Morgan fingerprint density at radius 2 is 2.22 bits per heavy atom. The average molecular weight is 275 g/mol. The zero-order valence-electron chi connectivity index (χ0n) is 10.3. The standard InChI is InChI=1S/C14H17ClF2O/c1-9-8-18-5-4-12(9)13(15)6-10-2-3-11(16)7-14(10)17/h2-3,7,9,12-13H,4-6,8H2,1H3. The molecule has 2 rings (SSSR count). The maximum absolute atomic E-state index is 13.6. The lowest BCUT2D eigenvalue weighted by atomic mass is 9.84. The molecule has 1 aromatic carbocycles. The molecule has 1 aliphatic heterocycles. The predicted octanol–water partition coefficient (Wildman–Crippen LogP) is 3.79. The quantitative estimate of drug-likeness (QED) is 0.762. The summed E-state index contributed by atoms with van der Waals surface area (Å²) in [5.41, 5.74) is 0.482. The molecule has 0 aromatic heterocycles. The summed E-state index contributed by atoms with van der Waals surface area (Å²) in [6, 6.07) is 3.66. The maximum atomic E-state index is 13.6. The molecule has 1 fully saturated rings. The van der Waals surface area contributed by atoms with Crippen molar-refractivity contribution < 1.29 is 13.5 Å². The van der Waals surface area contributed by atoms with Crippen LogP contribution in [0.15, 0.2) is 18.2 Å². The summed E-state index contributed by atoms with van der Waals surface area (Å²) in [7, 11) is 0. The van der Waals surface area contributed by atoms with E-state index in [0.29, 0.717) is 37.0 Å². The van der Waals surface area contributed by atoms with Crippen molar-refractivity contribution in [2.24, 2.45) is 11.8 Å². The molecule has 100 valence electrons. The molecule has 0 saturated carbocycles. The maximum Gasteiger partial charge on any atom is 0.129 e. The van der Waals surface area contributed by atoms with Gasteiger partial charge in [0, 0.05) is 24.7 Å². The van der Waals surface area contributed by atoms with Crippen molar-refractivity contribution in [3.63, 3.8) is 0 Å². The SMILES string of the molecule is CC1COCCC1C(Cl)Cc1ccc(F)cc1F. The Hall–Kier alpha value is -0.670. The van der Waals surface area contributed by atoms with Crippen LogP contribution in [0, 0.1) is 23.5 Å². The van der Waals surface area contributed by atoms with Gasteiger partial charge in [-0.1, -0.05) is 13.0 Å². The zero-order valence-corrected chi connectivity index (χ0v) is 11.1. The summed E-state index contributed by atoms with van der Waals surface area (Å²) < 4.78 is 31.7. The van der Waals surface area contributed by atoms with Gasteiger partial charge in [-0.2, -0.15) is 0 Å². The van der Waals surface area contributed by atoms with Gasteiger partial charge < -0.3 is 4.74 Å². The monoisotopic (exact) mass is 274 g/mol. The Balaban J connectivity index is 2.03. The first kappa shape index (κ1) is 13.8. The number of hydrogen-bond acceptors (Lipinski definition) is 1. The van der Waals surface area contributed by atoms with E-state index in [0.717, 1.165) is 12.5 Å². The highest BCUT2D eigenvalue weighted by atomic mass is 35.5. The normalized spacial score (nSPS) is 26.0. The van der Waals surface area contributed by atoms with Gasteiger partial charge in [0.1, 0.15) is 11.6 Å². The highest BCUT2D eigenvalue weighted by molar-refractivity contribution is 6.20. The summed E-state index contributed by atoms with van der Waals surface area (Å²) in [4.78, 5) is 0. The van der Waals surface area contributed by atoms with Crippen molar-refractivity contribution in [1.82, 2.24) is 0 Å². The number of alkyl halides is 1. The molecule has 0 aliphatic carbocycles. The molecule has 3 unspecified atom stereocenters. The van der Waals surface area contributed by atoms with Crippen LogP contribution in [0.2, 0.25) is 0 Å². The highest BCUT2D eigenvalue weighted by Crippen LogP contribution is 2.30. The van der Waals surface area contributed by atoms with Gasteiger partial charge in [-0.15, -0.1) is 11.6 Å². The highest BCUT2D eigenvalue weighted by Gasteiger charge is 2.29. The van der Waals surface area contributed by atoms with E-state index in [4.69, 9.17) is 16.3 Å². The molecule has 1 aromatic rings. The van der Waals surface area contributed by atoms with Gasteiger partial charge in [-0.05, 0) is 36.3 Å². The Bertz CT molecular complexity index is 411. The van der Waals surface area contributed by atoms with Crippen LogP contribution in [0.25, 0.3) is 0 Å². The molecule has 0 N–H and O–H groups in total. The Kier molecular flexibility index (Phi) is 4.57. The van der Waals surface area contributed by atoms with Crippen LogP contribution in [-0.2, 0) is 11.2 Å². The van der Waals surface area contributed by atoms with Crippen molar-refractivity contribution in [3.05, 3.63) is 35.4 Å². The van der Waals surface area contributed by atoms with E-state index < -0.39 is 11.6 Å². The Morgan fingerprint density at radius 1 is 1.44 bits per heavy atom. The van der Waals surface area contributed by atoms with E-state index in [1.54, 1.807) is 0 Å². The average Bonchev–Trinajstić information content (AvgIpc) is 2.33. The van der Waals surface area contributed by atoms with Gasteiger partial charge in [-0.25, -0.2) is 8.78 Å². The number of ether oxygens (including phenoxy) is 1. The topological polar surface area (TPSA) is 9.23 Å². The number of rotatable bonds is 3. The summed E-state index contributed by atoms with van der Waals surface area (Å²) in [5, 5.41) is -0.135. The van der Waals surface area contributed by atoms with Gasteiger partial charge in [0.05, 0.1) is 0 Å². The van der Waals surface area contributed by atoms with E-state index >= 15 is 0 Å². The minimum atomic E-state index is -0.554. The molecule has 1 aliphatic rings. The van der Waals surface area contributed by atoms with E-state index in [-0.39, 0.29) is 5.38 Å². The van der Waals surface area contributed by atoms with Gasteiger partial charge >= 0.3 is 0 Å². The Morgan fingerprint density at radius 3 is 2.89 bits per heavy atom. The summed E-state index contributed by atoms with van der Waals surface area (Å²) >= 11 is 6.38. The molecule has 0 spiro atoms. The second kappa shape index (κ2) is 5.98. The van der Waals surface area contributed by atoms with E-state index in [2.05, 4.69) is 6.92 Å². The van der Waals surface area contributed by atoms with Crippen LogP contribution in [0.1, 0.15) is 18.9 Å². The molecule has 0 bridgehead atoms. The summed E-state index contributed by atoms with van der Waals surface area (Å²) in [5.74, 6) is -0.364. The zero-order chi connectivity index (χ0) is 13.1. The first-order chi connectivity index (χ1) is 8.58. The van der Waals surface area contributed by atoms with Gasteiger partial charge in [-0.3, -0.25) is 0 Å². The minimum Gasteiger partial charge on any atom is -0.381 e. The third kappa shape index (κ3) is 3.21. The predicted molar refractivity (Wildman–Crippen MR) is 67.8 cm³/mol. The molecular formula is C14H17ClF2O. The Labute approximate surface area is 111 Å². The lowest BCUT2D eigenvalue weighted by molar-refractivity contribution is 0.0229. The molecule has 18 heavy (non-hydrogen) atoms. The van der Waals surface area contributed by atoms with Crippen LogP contribution in [0.5, 0.6) is 0 Å². The molecule has 3 atom stereocenters. The first-order valence-corrected chi connectivity index (χ1v) is 6.67. The fraction of sp³-hybridized carbons (Fsp3) is 0.571. The smallest absolute Gasteiger partial charge is 0.129 e. The molecule has 4 heteroatoms. The van der Waals surface area contributed by atoms with E-state index in [1.807, 2.05) is 0 Å². The van der Waals surface area contributed by atoms with E-state index in [1.165, 1.54) is 12.1 Å². The first-order valence-electron chi connectivity index (χ1n) is 6.23. The van der Waals surface area contributed by atoms with Crippen molar-refractivity contribution >= 4 is 11.6 Å². The second-order valence-electron chi connectivity index (χ2n) is 4.96. The summed E-state index contributed by atoms with van der Waals surface area (Å²) in [6.07, 6.45) is 1.33. The fourth-order valence-corrected chi connectivity index (χ4v) is 3.02. The van der Waals surface area contributed by atoms with Crippen LogP contribution in [-0.4, -0.2) is 18.6 Å².